The molecule has 0 saturated heterocycles. The van der Waals surface area contributed by atoms with Gasteiger partial charge in [-0.15, -0.1) is 0 Å². The molecule has 0 atom stereocenters. The molecule has 0 aliphatic carbocycles. The average molecular weight is 244 g/mol. The van der Waals surface area contributed by atoms with Crippen molar-refractivity contribution < 1.29 is 18.0 Å². The number of Topliss-reactive ketones (excluding diaryl/α,β-unsaturated/α-hetero) is 1. The summed E-state index contributed by atoms with van der Waals surface area (Å²) in [5, 5.41) is 0. The first-order valence-electron chi connectivity index (χ1n) is 5.26. The third-order valence-corrected chi connectivity index (χ3v) is 2.49. The van der Waals surface area contributed by atoms with E-state index in [4.69, 9.17) is 0 Å². The molecule has 1 aromatic rings. The van der Waals surface area contributed by atoms with Crippen LogP contribution in [0.15, 0.2) is 18.2 Å². The third-order valence-electron chi connectivity index (χ3n) is 2.49. The van der Waals surface area contributed by atoms with E-state index in [1.165, 1.54) is 6.07 Å². The number of hydrogen-bond acceptors (Lipinski definition) is 1. The maximum Gasteiger partial charge on any atom is 0.416 e. The van der Waals surface area contributed by atoms with E-state index in [9.17, 15) is 18.0 Å². The van der Waals surface area contributed by atoms with Crippen LogP contribution < -0.4 is 0 Å². The zero-order valence-electron chi connectivity index (χ0n) is 10.3. The molecule has 0 unspecified atom stereocenters. The van der Waals surface area contributed by atoms with Crippen LogP contribution in [0.4, 0.5) is 13.2 Å². The number of carbonyl (C=O) groups is 1. The first-order chi connectivity index (χ1) is 7.53. The van der Waals surface area contributed by atoms with E-state index in [2.05, 4.69) is 0 Å². The van der Waals surface area contributed by atoms with E-state index in [-0.39, 0.29) is 11.3 Å². The lowest BCUT2D eigenvalue weighted by Crippen LogP contribution is -2.22. The highest BCUT2D eigenvalue weighted by Gasteiger charge is 2.32. The van der Waals surface area contributed by atoms with Crippen molar-refractivity contribution in [2.45, 2.75) is 33.9 Å². The van der Waals surface area contributed by atoms with E-state index in [1.807, 2.05) is 0 Å². The fraction of sp³-hybridized carbons (Fsp3) is 0.462. The van der Waals surface area contributed by atoms with Gasteiger partial charge in [-0.25, -0.2) is 0 Å². The normalized spacial score (nSPS) is 12.6. The average Bonchev–Trinajstić information content (AvgIpc) is 2.14. The molecule has 0 aliphatic rings. The minimum absolute atomic E-state index is 0.146. The zero-order chi connectivity index (χ0) is 13.4. The van der Waals surface area contributed by atoms with Crippen molar-refractivity contribution in [1.29, 1.82) is 0 Å². The Labute approximate surface area is 98.6 Å². The van der Waals surface area contributed by atoms with Crippen molar-refractivity contribution in [3.05, 3.63) is 34.9 Å². The number of ketones is 1. The molecule has 0 bridgehead atoms. The molecule has 4 heteroatoms. The van der Waals surface area contributed by atoms with Gasteiger partial charge in [0, 0.05) is 11.0 Å². The zero-order valence-corrected chi connectivity index (χ0v) is 10.3. The van der Waals surface area contributed by atoms with Crippen molar-refractivity contribution in [2.75, 3.05) is 0 Å². The summed E-state index contributed by atoms with van der Waals surface area (Å²) in [4.78, 5) is 12.0. The molecule has 0 saturated carbocycles. The molecule has 0 aliphatic heterocycles. The Morgan fingerprint density at radius 1 is 1.12 bits per heavy atom. The molecule has 0 spiro atoms. The standard InChI is InChI=1S/C13H15F3O/c1-8-5-6-9(13(14,15)16)7-10(8)11(17)12(2,3)4/h5-7H,1-4H3. The van der Waals surface area contributed by atoms with E-state index >= 15 is 0 Å². The molecular formula is C13H15F3O. The largest absolute Gasteiger partial charge is 0.416 e. The second-order valence-corrected chi connectivity index (χ2v) is 5.11. The van der Waals surface area contributed by atoms with Gasteiger partial charge in [-0.05, 0) is 24.6 Å². The summed E-state index contributed by atoms with van der Waals surface area (Å²) >= 11 is 0. The van der Waals surface area contributed by atoms with Crippen molar-refractivity contribution in [3.63, 3.8) is 0 Å². The van der Waals surface area contributed by atoms with Crippen LogP contribution in [0.5, 0.6) is 0 Å². The molecule has 0 amide bonds. The van der Waals surface area contributed by atoms with Crippen LogP contribution in [0, 0.1) is 12.3 Å². The summed E-state index contributed by atoms with van der Waals surface area (Å²) in [7, 11) is 0. The van der Waals surface area contributed by atoms with Gasteiger partial charge in [-0.2, -0.15) is 13.2 Å². The highest BCUT2D eigenvalue weighted by molar-refractivity contribution is 6.01. The third kappa shape index (κ3) is 3.08. The molecule has 0 heterocycles. The van der Waals surface area contributed by atoms with Gasteiger partial charge in [0.2, 0.25) is 0 Å². The summed E-state index contributed by atoms with van der Waals surface area (Å²) in [6.45, 7) is 6.71. The van der Waals surface area contributed by atoms with Crippen molar-refractivity contribution in [1.82, 2.24) is 0 Å². The lowest BCUT2D eigenvalue weighted by molar-refractivity contribution is -0.137. The number of benzene rings is 1. The Hall–Kier alpha value is -1.32. The second-order valence-electron chi connectivity index (χ2n) is 5.11. The van der Waals surface area contributed by atoms with Gasteiger partial charge in [0.25, 0.3) is 0 Å². The smallest absolute Gasteiger partial charge is 0.294 e. The monoisotopic (exact) mass is 244 g/mol. The van der Waals surface area contributed by atoms with Crippen LogP contribution in [0.25, 0.3) is 0 Å². The fourth-order valence-corrected chi connectivity index (χ4v) is 1.45. The Balaban J connectivity index is 3.30. The van der Waals surface area contributed by atoms with E-state index in [0.29, 0.717) is 5.56 Å². The molecule has 94 valence electrons. The SMILES string of the molecule is Cc1ccc(C(F)(F)F)cc1C(=O)C(C)(C)C. The molecular weight excluding hydrogens is 229 g/mol. The van der Waals surface area contributed by atoms with E-state index in [1.54, 1.807) is 27.7 Å². The van der Waals surface area contributed by atoms with E-state index in [0.717, 1.165) is 12.1 Å². The van der Waals surface area contributed by atoms with E-state index < -0.39 is 17.2 Å². The van der Waals surface area contributed by atoms with Gasteiger partial charge in [-0.3, -0.25) is 4.79 Å². The van der Waals surface area contributed by atoms with Gasteiger partial charge in [0.1, 0.15) is 0 Å². The molecule has 0 N–H and O–H groups in total. The van der Waals surface area contributed by atoms with Crippen LogP contribution in [0.3, 0.4) is 0 Å². The van der Waals surface area contributed by atoms with Crippen molar-refractivity contribution >= 4 is 5.78 Å². The topological polar surface area (TPSA) is 17.1 Å². The van der Waals surface area contributed by atoms with Gasteiger partial charge >= 0.3 is 6.18 Å². The maximum atomic E-state index is 12.5. The number of halogens is 3. The Morgan fingerprint density at radius 3 is 2.06 bits per heavy atom. The van der Waals surface area contributed by atoms with Gasteiger partial charge in [-0.1, -0.05) is 26.8 Å². The highest BCUT2D eigenvalue weighted by atomic mass is 19.4. The first-order valence-corrected chi connectivity index (χ1v) is 5.26. The predicted octanol–water partition coefficient (Wildman–Crippen LogP) is 4.24. The molecule has 17 heavy (non-hydrogen) atoms. The van der Waals surface area contributed by atoms with Gasteiger partial charge < -0.3 is 0 Å². The Kier molecular flexibility index (Phi) is 3.37. The summed E-state index contributed by atoms with van der Waals surface area (Å²) in [6.07, 6.45) is -4.42. The van der Waals surface area contributed by atoms with Crippen LogP contribution in [-0.2, 0) is 6.18 Å². The van der Waals surface area contributed by atoms with Crippen LogP contribution >= 0.6 is 0 Å². The minimum Gasteiger partial charge on any atom is -0.294 e. The minimum atomic E-state index is -4.42. The lowest BCUT2D eigenvalue weighted by atomic mass is 9.84. The maximum absolute atomic E-state index is 12.5. The van der Waals surface area contributed by atoms with Crippen molar-refractivity contribution in [2.24, 2.45) is 5.41 Å². The first kappa shape index (κ1) is 13.7. The summed E-state index contributed by atoms with van der Waals surface area (Å²) < 4.78 is 37.6. The number of aryl methyl sites for hydroxylation is 1. The summed E-state index contributed by atoms with van der Waals surface area (Å²) in [5.74, 6) is -0.277. The number of rotatable bonds is 1. The quantitative estimate of drug-likeness (QED) is 0.675. The van der Waals surface area contributed by atoms with Crippen LogP contribution in [0.2, 0.25) is 0 Å². The molecule has 1 nitrogen and oxygen atoms in total. The van der Waals surface area contributed by atoms with Gasteiger partial charge in [0.05, 0.1) is 5.56 Å². The summed E-state index contributed by atoms with van der Waals surface area (Å²) in [5.41, 5.74) is -0.754. The lowest BCUT2D eigenvalue weighted by Gasteiger charge is -2.19. The highest BCUT2D eigenvalue weighted by Crippen LogP contribution is 2.32. The number of alkyl halides is 3. The van der Waals surface area contributed by atoms with Crippen LogP contribution in [0.1, 0.15) is 42.3 Å². The molecule has 1 aromatic carbocycles. The Morgan fingerprint density at radius 2 is 1.65 bits per heavy atom. The van der Waals surface area contributed by atoms with Crippen LogP contribution in [-0.4, -0.2) is 5.78 Å². The molecule has 1 rings (SSSR count). The number of carbonyl (C=O) groups excluding carboxylic acids is 1. The molecule has 0 radical (unpaired) electrons. The van der Waals surface area contributed by atoms with Crippen molar-refractivity contribution in [3.8, 4) is 0 Å². The molecule has 0 aromatic heterocycles. The number of hydrogen-bond donors (Lipinski definition) is 0. The fourth-order valence-electron chi connectivity index (χ4n) is 1.45. The Bertz CT molecular complexity index is 439. The predicted molar refractivity (Wildman–Crippen MR) is 60.0 cm³/mol. The second kappa shape index (κ2) is 4.17. The molecule has 0 fully saturated rings. The van der Waals surface area contributed by atoms with Gasteiger partial charge in [0.15, 0.2) is 5.78 Å². The summed E-state index contributed by atoms with van der Waals surface area (Å²) in [6, 6.07) is 3.26.